The topological polar surface area (TPSA) is 68.0 Å². The van der Waals surface area contributed by atoms with Crippen LogP contribution < -0.4 is 11.1 Å². The number of rotatable bonds is 2. The Bertz CT molecular complexity index is 478. The fraction of sp³-hybridized carbons (Fsp3) is 0.571. The SMILES string of the molecule is CC1CCCC(NC(=O)c2cc(Br)cnc2N)C1C. The highest BCUT2D eigenvalue weighted by Gasteiger charge is 2.28. The Balaban J connectivity index is 2.10. The molecule has 4 nitrogen and oxygen atoms in total. The monoisotopic (exact) mass is 325 g/mol. The van der Waals surface area contributed by atoms with Crippen LogP contribution in [0.3, 0.4) is 0 Å². The molecule has 3 N–H and O–H groups in total. The molecule has 1 aliphatic carbocycles. The van der Waals surface area contributed by atoms with Gasteiger partial charge in [0.25, 0.3) is 5.91 Å². The van der Waals surface area contributed by atoms with Gasteiger partial charge in [0.05, 0.1) is 5.56 Å². The van der Waals surface area contributed by atoms with Crippen molar-refractivity contribution >= 4 is 27.7 Å². The van der Waals surface area contributed by atoms with Gasteiger partial charge in [-0.25, -0.2) is 4.98 Å². The highest BCUT2D eigenvalue weighted by Crippen LogP contribution is 2.29. The lowest BCUT2D eigenvalue weighted by Crippen LogP contribution is -2.43. The molecule has 104 valence electrons. The van der Waals surface area contributed by atoms with Gasteiger partial charge in [-0.05, 0) is 40.3 Å². The van der Waals surface area contributed by atoms with E-state index in [9.17, 15) is 4.79 Å². The minimum atomic E-state index is -0.128. The van der Waals surface area contributed by atoms with Crippen LogP contribution in [0, 0.1) is 11.8 Å². The standard InChI is InChI=1S/C14H20BrN3O/c1-8-4-3-5-12(9(8)2)18-14(19)11-6-10(15)7-17-13(11)16/h6-9,12H,3-5H2,1-2H3,(H2,16,17)(H,18,19). The van der Waals surface area contributed by atoms with Gasteiger partial charge in [-0.3, -0.25) is 4.79 Å². The van der Waals surface area contributed by atoms with Gasteiger partial charge >= 0.3 is 0 Å². The maximum atomic E-state index is 12.3. The van der Waals surface area contributed by atoms with Gasteiger partial charge in [-0.1, -0.05) is 26.7 Å². The van der Waals surface area contributed by atoms with E-state index in [4.69, 9.17) is 5.73 Å². The minimum Gasteiger partial charge on any atom is -0.383 e. The zero-order chi connectivity index (χ0) is 14.0. The molecule has 0 spiro atoms. The van der Waals surface area contributed by atoms with E-state index in [1.54, 1.807) is 12.3 Å². The number of pyridine rings is 1. The molecular weight excluding hydrogens is 306 g/mol. The molecule has 1 amide bonds. The summed E-state index contributed by atoms with van der Waals surface area (Å²) in [5.74, 6) is 1.30. The Morgan fingerprint density at radius 2 is 2.21 bits per heavy atom. The van der Waals surface area contributed by atoms with E-state index in [0.717, 1.165) is 10.9 Å². The lowest BCUT2D eigenvalue weighted by Gasteiger charge is -2.34. The van der Waals surface area contributed by atoms with E-state index in [1.165, 1.54) is 12.8 Å². The van der Waals surface area contributed by atoms with Crippen LogP contribution in [-0.4, -0.2) is 16.9 Å². The van der Waals surface area contributed by atoms with Crippen LogP contribution in [0.1, 0.15) is 43.5 Å². The van der Waals surface area contributed by atoms with Gasteiger partial charge in [-0.2, -0.15) is 0 Å². The molecular formula is C14H20BrN3O. The van der Waals surface area contributed by atoms with E-state index >= 15 is 0 Å². The number of hydrogen-bond acceptors (Lipinski definition) is 3. The normalized spacial score (nSPS) is 27.0. The first-order valence-electron chi connectivity index (χ1n) is 6.71. The van der Waals surface area contributed by atoms with Gasteiger partial charge in [0.2, 0.25) is 0 Å². The molecule has 1 aliphatic rings. The molecule has 2 rings (SSSR count). The smallest absolute Gasteiger partial charge is 0.255 e. The second kappa shape index (κ2) is 5.90. The van der Waals surface area contributed by atoms with Crippen LogP contribution in [0.2, 0.25) is 0 Å². The van der Waals surface area contributed by atoms with Gasteiger partial charge in [-0.15, -0.1) is 0 Å². The number of aromatic nitrogens is 1. The molecule has 1 saturated carbocycles. The zero-order valence-corrected chi connectivity index (χ0v) is 12.9. The van der Waals surface area contributed by atoms with Crippen molar-refractivity contribution in [2.24, 2.45) is 11.8 Å². The molecule has 0 saturated heterocycles. The fourth-order valence-corrected chi connectivity index (χ4v) is 2.99. The van der Waals surface area contributed by atoms with E-state index in [2.05, 4.69) is 40.1 Å². The predicted molar refractivity (Wildman–Crippen MR) is 79.8 cm³/mol. The van der Waals surface area contributed by atoms with E-state index < -0.39 is 0 Å². The molecule has 1 fully saturated rings. The summed E-state index contributed by atoms with van der Waals surface area (Å²) in [6.07, 6.45) is 5.05. The first-order valence-corrected chi connectivity index (χ1v) is 7.50. The van der Waals surface area contributed by atoms with Crippen LogP contribution >= 0.6 is 15.9 Å². The average molecular weight is 326 g/mol. The number of carbonyl (C=O) groups excluding carboxylic acids is 1. The number of amides is 1. The van der Waals surface area contributed by atoms with Crippen molar-refractivity contribution in [3.8, 4) is 0 Å². The highest BCUT2D eigenvalue weighted by molar-refractivity contribution is 9.10. The summed E-state index contributed by atoms with van der Waals surface area (Å²) >= 11 is 3.31. The number of halogens is 1. The van der Waals surface area contributed by atoms with Crippen LogP contribution in [0.4, 0.5) is 5.82 Å². The second-order valence-electron chi connectivity index (χ2n) is 5.43. The summed E-state index contributed by atoms with van der Waals surface area (Å²) in [5, 5.41) is 3.10. The first kappa shape index (κ1) is 14.3. The molecule has 0 radical (unpaired) electrons. The van der Waals surface area contributed by atoms with Crippen molar-refractivity contribution in [3.05, 3.63) is 22.3 Å². The third-order valence-corrected chi connectivity index (χ3v) is 4.59. The molecule has 0 aliphatic heterocycles. The van der Waals surface area contributed by atoms with Gasteiger partial charge in [0, 0.05) is 16.7 Å². The number of anilines is 1. The summed E-state index contributed by atoms with van der Waals surface area (Å²) in [4.78, 5) is 16.3. The van der Waals surface area contributed by atoms with Gasteiger partial charge in [0.15, 0.2) is 0 Å². The molecule has 1 heterocycles. The maximum Gasteiger partial charge on any atom is 0.255 e. The molecule has 3 unspecified atom stereocenters. The van der Waals surface area contributed by atoms with Crippen LogP contribution in [-0.2, 0) is 0 Å². The number of carbonyl (C=O) groups is 1. The molecule has 1 aromatic rings. The third-order valence-electron chi connectivity index (χ3n) is 4.15. The highest BCUT2D eigenvalue weighted by atomic mass is 79.9. The average Bonchev–Trinajstić information content (AvgIpc) is 2.38. The molecule has 5 heteroatoms. The van der Waals surface area contributed by atoms with Crippen LogP contribution in [0.15, 0.2) is 16.7 Å². The van der Waals surface area contributed by atoms with Crippen molar-refractivity contribution in [2.75, 3.05) is 5.73 Å². The molecule has 1 aromatic heterocycles. The Hall–Kier alpha value is -1.10. The molecule has 19 heavy (non-hydrogen) atoms. The summed E-state index contributed by atoms with van der Waals surface area (Å²) in [7, 11) is 0. The summed E-state index contributed by atoms with van der Waals surface area (Å²) in [5.41, 5.74) is 6.21. The summed E-state index contributed by atoms with van der Waals surface area (Å²) in [6.45, 7) is 4.45. The molecule has 0 bridgehead atoms. The van der Waals surface area contributed by atoms with Crippen LogP contribution in [0.25, 0.3) is 0 Å². The zero-order valence-electron chi connectivity index (χ0n) is 11.3. The minimum absolute atomic E-state index is 0.128. The van der Waals surface area contributed by atoms with E-state index in [0.29, 0.717) is 17.4 Å². The maximum absolute atomic E-state index is 12.3. The van der Waals surface area contributed by atoms with Gasteiger partial charge < -0.3 is 11.1 Å². The summed E-state index contributed by atoms with van der Waals surface area (Å²) < 4.78 is 0.761. The van der Waals surface area contributed by atoms with Crippen LogP contribution in [0.5, 0.6) is 0 Å². The van der Waals surface area contributed by atoms with Crippen molar-refractivity contribution in [2.45, 2.75) is 39.2 Å². The lowest BCUT2D eigenvalue weighted by molar-refractivity contribution is 0.0891. The number of nitrogen functional groups attached to an aromatic ring is 1. The van der Waals surface area contributed by atoms with Gasteiger partial charge in [0.1, 0.15) is 5.82 Å². The Morgan fingerprint density at radius 3 is 2.95 bits per heavy atom. The van der Waals surface area contributed by atoms with E-state index in [1.807, 2.05) is 0 Å². The number of nitrogens with zero attached hydrogens (tertiary/aromatic N) is 1. The second-order valence-corrected chi connectivity index (χ2v) is 6.35. The number of nitrogens with one attached hydrogen (secondary N) is 1. The number of hydrogen-bond donors (Lipinski definition) is 2. The Morgan fingerprint density at radius 1 is 1.47 bits per heavy atom. The Labute approximate surface area is 122 Å². The quantitative estimate of drug-likeness (QED) is 0.878. The van der Waals surface area contributed by atoms with Crippen molar-refractivity contribution in [1.82, 2.24) is 10.3 Å². The fourth-order valence-electron chi connectivity index (χ4n) is 2.66. The van der Waals surface area contributed by atoms with E-state index in [-0.39, 0.29) is 17.8 Å². The Kier molecular flexibility index (Phi) is 4.45. The molecule has 0 aromatic carbocycles. The number of nitrogens with two attached hydrogens (primary N) is 1. The molecule has 3 atom stereocenters. The predicted octanol–water partition coefficient (Wildman–Crippen LogP) is 2.98. The first-order chi connectivity index (χ1) is 8.99. The third kappa shape index (κ3) is 3.26. The van der Waals surface area contributed by atoms with Crippen molar-refractivity contribution in [1.29, 1.82) is 0 Å². The van der Waals surface area contributed by atoms with Crippen molar-refractivity contribution in [3.63, 3.8) is 0 Å². The largest absolute Gasteiger partial charge is 0.383 e. The van der Waals surface area contributed by atoms with Crippen molar-refractivity contribution < 1.29 is 4.79 Å². The lowest BCUT2D eigenvalue weighted by atomic mass is 9.78. The summed E-state index contributed by atoms with van der Waals surface area (Å²) in [6, 6.07) is 1.95.